The van der Waals surface area contributed by atoms with E-state index in [0.29, 0.717) is 5.69 Å². The topological polar surface area (TPSA) is 62.5 Å². The van der Waals surface area contributed by atoms with Gasteiger partial charge in [-0.25, -0.2) is 0 Å². The summed E-state index contributed by atoms with van der Waals surface area (Å²) in [5.74, 6) is 0.00485. The van der Waals surface area contributed by atoms with Crippen LogP contribution >= 0.6 is 12.2 Å². The van der Waals surface area contributed by atoms with Crippen molar-refractivity contribution in [1.29, 1.82) is 0 Å². The number of hydrogen-bond acceptors (Lipinski definition) is 4. The van der Waals surface area contributed by atoms with Crippen LogP contribution in [0.4, 0.5) is 5.69 Å². The van der Waals surface area contributed by atoms with Gasteiger partial charge in [-0.2, -0.15) is 0 Å². The molecule has 0 aromatic carbocycles. The van der Waals surface area contributed by atoms with Crippen LogP contribution in [0.2, 0.25) is 0 Å². The van der Waals surface area contributed by atoms with Gasteiger partial charge < -0.3 is 15.5 Å². The summed E-state index contributed by atoms with van der Waals surface area (Å²) in [6.45, 7) is 0.258. The number of nitrogens with two attached hydrogens (primary N) is 1. The Morgan fingerprint density at radius 2 is 2.12 bits per heavy atom. The molecule has 0 fully saturated rings. The van der Waals surface area contributed by atoms with Gasteiger partial charge in [0.15, 0.2) is 0 Å². The summed E-state index contributed by atoms with van der Waals surface area (Å²) in [6, 6.07) is 3.62. The Morgan fingerprint density at radius 1 is 1.47 bits per heavy atom. The van der Waals surface area contributed by atoms with Crippen LogP contribution in [0.25, 0.3) is 0 Å². The van der Waals surface area contributed by atoms with Gasteiger partial charge in [0.1, 0.15) is 10.7 Å². The average Bonchev–Trinajstić information content (AvgIpc) is 2.28. The number of hydrogen-bond donors (Lipinski definition) is 1. The maximum Gasteiger partial charge on any atom is 0.241 e. The zero-order valence-corrected chi connectivity index (χ0v) is 11.0. The van der Waals surface area contributed by atoms with Gasteiger partial charge in [0, 0.05) is 27.3 Å². The zero-order valence-electron chi connectivity index (χ0n) is 10.2. The number of carbonyl (C=O) groups is 1. The Hall–Kier alpha value is -1.69. The molecule has 1 heterocycles. The van der Waals surface area contributed by atoms with E-state index < -0.39 is 0 Å². The standard InChI is InChI=1S/C11H16N4OS/c1-14(2)9(16)7-15(3)8-5-4-6-13-10(8)11(12)17/h4-6H,7H2,1-3H3,(H2,12,17). The molecule has 6 heteroatoms. The van der Waals surface area contributed by atoms with Crippen molar-refractivity contribution in [3.05, 3.63) is 24.0 Å². The van der Waals surface area contributed by atoms with Gasteiger partial charge in [0.05, 0.1) is 12.2 Å². The Morgan fingerprint density at radius 3 is 2.65 bits per heavy atom. The molecule has 0 saturated carbocycles. The van der Waals surface area contributed by atoms with E-state index >= 15 is 0 Å². The predicted octanol–water partition coefficient (Wildman–Crippen LogP) is 0.240. The fourth-order valence-electron chi connectivity index (χ4n) is 1.32. The Balaban J connectivity index is 2.92. The van der Waals surface area contributed by atoms with Crippen molar-refractivity contribution in [2.24, 2.45) is 5.73 Å². The Kier molecular flexibility index (Phi) is 4.39. The molecule has 2 N–H and O–H groups in total. The summed E-state index contributed by atoms with van der Waals surface area (Å²) in [5.41, 5.74) is 6.89. The van der Waals surface area contributed by atoms with Crippen molar-refractivity contribution in [3.8, 4) is 0 Å². The van der Waals surface area contributed by atoms with Gasteiger partial charge in [0.2, 0.25) is 5.91 Å². The van der Waals surface area contributed by atoms with E-state index in [1.807, 2.05) is 6.07 Å². The third kappa shape index (κ3) is 3.39. The maximum atomic E-state index is 11.6. The van der Waals surface area contributed by atoms with E-state index in [9.17, 15) is 4.79 Å². The molecular weight excluding hydrogens is 236 g/mol. The summed E-state index contributed by atoms with van der Waals surface area (Å²) in [4.78, 5) is 19.3. The fourth-order valence-corrected chi connectivity index (χ4v) is 1.48. The second-order valence-corrected chi connectivity index (χ2v) is 4.32. The molecular formula is C11H16N4OS. The number of anilines is 1. The lowest BCUT2D eigenvalue weighted by Crippen LogP contribution is -2.35. The lowest BCUT2D eigenvalue weighted by Gasteiger charge is -2.22. The second-order valence-electron chi connectivity index (χ2n) is 3.88. The summed E-state index contributed by atoms with van der Waals surface area (Å²) < 4.78 is 0. The molecule has 0 unspecified atom stereocenters. The van der Waals surface area contributed by atoms with Crippen LogP contribution in [-0.4, -0.2) is 48.5 Å². The molecule has 5 nitrogen and oxygen atoms in total. The van der Waals surface area contributed by atoms with Crippen molar-refractivity contribution in [2.75, 3.05) is 32.6 Å². The minimum atomic E-state index is 0.00485. The molecule has 0 saturated heterocycles. The summed E-state index contributed by atoms with van der Waals surface area (Å²) in [6.07, 6.45) is 1.62. The highest BCUT2D eigenvalue weighted by molar-refractivity contribution is 7.80. The van der Waals surface area contributed by atoms with Crippen LogP contribution in [0.1, 0.15) is 5.69 Å². The first-order chi connectivity index (χ1) is 7.93. The molecule has 1 rings (SSSR count). The number of thiocarbonyl (C=S) groups is 1. The smallest absolute Gasteiger partial charge is 0.241 e. The molecule has 0 aliphatic rings. The highest BCUT2D eigenvalue weighted by Crippen LogP contribution is 2.16. The lowest BCUT2D eigenvalue weighted by atomic mass is 10.2. The molecule has 0 bridgehead atoms. The normalized spacial score (nSPS) is 9.82. The number of carbonyl (C=O) groups excluding carboxylic acids is 1. The summed E-state index contributed by atoms with van der Waals surface area (Å²) in [7, 11) is 5.24. The number of rotatable bonds is 4. The number of likely N-dealkylation sites (N-methyl/N-ethyl adjacent to an activating group) is 2. The van der Waals surface area contributed by atoms with Gasteiger partial charge in [-0.1, -0.05) is 12.2 Å². The van der Waals surface area contributed by atoms with E-state index in [0.717, 1.165) is 5.69 Å². The van der Waals surface area contributed by atoms with Crippen molar-refractivity contribution < 1.29 is 4.79 Å². The molecule has 0 spiro atoms. The van der Waals surface area contributed by atoms with Gasteiger partial charge in [0.25, 0.3) is 0 Å². The van der Waals surface area contributed by atoms with Gasteiger partial charge in [-0.3, -0.25) is 9.78 Å². The largest absolute Gasteiger partial charge is 0.388 e. The van der Waals surface area contributed by atoms with E-state index in [4.69, 9.17) is 18.0 Å². The van der Waals surface area contributed by atoms with Crippen LogP contribution in [0, 0.1) is 0 Å². The molecule has 0 atom stereocenters. The van der Waals surface area contributed by atoms with Crippen LogP contribution in [-0.2, 0) is 4.79 Å². The van der Waals surface area contributed by atoms with Crippen LogP contribution in [0.15, 0.2) is 18.3 Å². The number of pyridine rings is 1. The molecule has 0 aliphatic heterocycles. The minimum absolute atomic E-state index is 0.00485. The first kappa shape index (κ1) is 13.4. The van der Waals surface area contributed by atoms with Crippen LogP contribution in [0.3, 0.4) is 0 Å². The van der Waals surface area contributed by atoms with Crippen molar-refractivity contribution >= 4 is 28.8 Å². The maximum absolute atomic E-state index is 11.6. The molecule has 1 aromatic rings. The van der Waals surface area contributed by atoms with Crippen LogP contribution < -0.4 is 10.6 Å². The number of nitrogens with zero attached hydrogens (tertiary/aromatic N) is 3. The van der Waals surface area contributed by atoms with Crippen molar-refractivity contribution in [2.45, 2.75) is 0 Å². The molecule has 0 radical (unpaired) electrons. The third-order valence-corrected chi connectivity index (χ3v) is 2.50. The van der Waals surface area contributed by atoms with Gasteiger partial charge >= 0.3 is 0 Å². The first-order valence-corrected chi connectivity index (χ1v) is 5.50. The van der Waals surface area contributed by atoms with E-state index in [1.165, 1.54) is 4.90 Å². The highest BCUT2D eigenvalue weighted by Gasteiger charge is 2.14. The van der Waals surface area contributed by atoms with Crippen molar-refractivity contribution in [1.82, 2.24) is 9.88 Å². The average molecular weight is 252 g/mol. The third-order valence-electron chi connectivity index (χ3n) is 2.30. The van der Waals surface area contributed by atoms with E-state index in [-0.39, 0.29) is 17.4 Å². The van der Waals surface area contributed by atoms with E-state index in [1.54, 1.807) is 38.3 Å². The van der Waals surface area contributed by atoms with E-state index in [2.05, 4.69) is 4.98 Å². The minimum Gasteiger partial charge on any atom is -0.388 e. The summed E-state index contributed by atoms with van der Waals surface area (Å²) >= 11 is 4.93. The zero-order chi connectivity index (χ0) is 13.0. The molecule has 0 aliphatic carbocycles. The number of amides is 1. The molecule has 1 aromatic heterocycles. The molecule has 1 amide bonds. The van der Waals surface area contributed by atoms with Crippen LogP contribution in [0.5, 0.6) is 0 Å². The lowest BCUT2D eigenvalue weighted by molar-refractivity contribution is -0.127. The van der Waals surface area contributed by atoms with Gasteiger partial charge in [-0.15, -0.1) is 0 Å². The highest BCUT2D eigenvalue weighted by atomic mass is 32.1. The molecule has 17 heavy (non-hydrogen) atoms. The molecule has 92 valence electrons. The Labute approximate surface area is 106 Å². The quantitative estimate of drug-likeness (QED) is 0.778. The van der Waals surface area contributed by atoms with Gasteiger partial charge in [-0.05, 0) is 12.1 Å². The summed E-state index contributed by atoms with van der Waals surface area (Å²) in [5, 5.41) is 0. The monoisotopic (exact) mass is 252 g/mol. The predicted molar refractivity (Wildman–Crippen MR) is 72.1 cm³/mol. The first-order valence-electron chi connectivity index (χ1n) is 5.09. The number of aromatic nitrogens is 1. The Bertz CT molecular complexity index is 433. The van der Waals surface area contributed by atoms with Crippen molar-refractivity contribution in [3.63, 3.8) is 0 Å². The SMILES string of the molecule is CN(C)C(=O)CN(C)c1cccnc1C(N)=S. The second kappa shape index (κ2) is 5.58. The fraction of sp³-hybridized carbons (Fsp3) is 0.364.